The monoisotopic (exact) mass is 496 g/mol. The zero-order valence-electron chi connectivity index (χ0n) is 17.5. The summed E-state index contributed by atoms with van der Waals surface area (Å²) in [6, 6.07) is 14.7. The minimum atomic E-state index is -3.79. The quantitative estimate of drug-likeness (QED) is 0.663. The van der Waals surface area contributed by atoms with Crippen molar-refractivity contribution in [3.8, 4) is 5.75 Å². The average molecular weight is 497 g/mol. The van der Waals surface area contributed by atoms with Crippen LogP contribution in [0.2, 0.25) is 0 Å². The number of ether oxygens (including phenoxy) is 1. The van der Waals surface area contributed by atoms with Gasteiger partial charge in [-0.1, -0.05) is 53.2 Å². The molecular formula is C22H29BrN2O4S. The molecule has 3 rings (SSSR count). The number of aliphatic hydroxyl groups excluding tert-OH is 1. The molecule has 0 saturated carbocycles. The molecule has 0 aromatic heterocycles. The van der Waals surface area contributed by atoms with Gasteiger partial charge in [0.05, 0.1) is 6.61 Å². The van der Waals surface area contributed by atoms with E-state index in [4.69, 9.17) is 4.74 Å². The first-order valence-corrected chi connectivity index (χ1v) is 12.3. The third-order valence-electron chi connectivity index (χ3n) is 5.42. The molecule has 0 spiro atoms. The normalized spacial score (nSPS) is 22.6. The summed E-state index contributed by atoms with van der Waals surface area (Å²) in [5.74, 6) is 0.267. The molecule has 30 heavy (non-hydrogen) atoms. The van der Waals surface area contributed by atoms with Crippen molar-refractivity contribution in [2.45, 2.75) is 37.4 Å². The highest BCUT2D eigenvalue weighted by Gasteiger charge is 2.38. The van der Waals surface area contributed by atoms with Crippen LogP contribution in [0.1, 0.15) is 19.4 Å². The Morgan fingerprint density at radius 3 is 2.63 bits per heavy atom. The fraction of sp³-hybridized carbons (Fsp3) is 0.455. The fourth-order valence-electron chi connectivity index (χ4n) is 3.68. The SMILES string of the molecule is C[C@H](CO)N1C[C@H](C)[C@H](CN(C)Cc2ccccc2)Oc2cc(Br)ccc2S1(=O)=O. The zero-order valence-corrected chi connectivity index (χ0v) is 19.9. The van der Waals surface area contributed by atoms with Crippen LogP contribution in [-0.4, -0.2) is 61.6 Å². The molecule has 0 fully saturated rings. The molecule has 8 heteroatoms. The van der Waals surface area contributed by atoms with Crippen molar-refractivity contribution in [1.82, 2.24) is 9.21 Å². The number of hydrogen-bond donors (Lipinski definition) is 1. The van der Waals surface area contributed by atoms with Gasteiger partial charge in [0.25, 0.3) is 0 Å². The summed E-state index contributed by atoms with van der Waals surface area (Å²) in [6.07, 6.45) is -0.212. The van der Waals surface area contributed by atoms with Crippen molar-refractivity contribution in [3.63, 3.8) is 0 Å². The van der Waals surface area contributed by atoms with Crippen LogP contribution in [0.25, 0.3) is 0 Å². The number of nitrogens with zero attached hydrogens (tertiary/aromatic N) is 2. The third kappa shape index (κ3) is 5.23. The lowest BCUT2D eigenvalue weighted by molar-refractivity contribution is 0.0733. The third-order valence-corrected chi connectivity index (χ3v) is 7.93. The molecule has 6 nitrogen and oxygen atoms in total. The van der Waals surface area contributed by atoms with E-state index in [1.54, 1.807) is 25.1 Å². The van der Waals surface area contributed by atoms with Gasteiger partial charge in [0.1, 0.15) is 16.7 Å². The van der Waals surface area contributed by atoms with Gasteiger partial charge >= 0.3 is 0 Å². The molecule has 0 amide bonds. The average Bonchev–Trinajstić information content (AvgIpc) is 2.70. The largest absolute Gasteiger partial charge is 0.487 e. The molecule has 0 radical (unpaired) electrons. The number of rotatable bonds is 6. The highest BCUT2D eigenvalue weighted by atomic mass is 79.9. The Morgan fingerprint density at radius 1 is 1.27 bits per heavy atom. The minimum Gasteiger partial charge on any atom is -0.487 e. The van der Waals surface area contributed by atoms with Crippen LogP contribution in [-0.2, 0) is 16.6 Å². The zero-order chi connectivity index (χ0) is 21.9. The van der Waals surface area contributed by atoms with E-state index in [0.29, 0.717) is 12.3 Å². The lowest BCUT2D eigenvalue weighted by Gasteiger charge is -2.37. The van der Waals surface area contributed by atoms with Gasteiger partial charge in [-0.25, -0.2) is 8.42 Å². The van der Waals surface area contributed by atoms with E-state index in [9.17, 15) is 13.5 Å². The van der Waals surface area contributed by atoms with Crippen LogP contribution >= 0.6 is 15.9 Å². The van der Waals surface area contributed by atoms with Crippen LogP contribution in [0.15, 0.2) is 57.9 Å². The van der Waals surface area contributed by atoms with Crippen molar-refractivity contribution in [2.24, 2.45) is 5.92 Å². The molecular weight excluding hydrogens is 468 g/mol. The highest BCUT2D eigenvalue weighted by molar-refractivity contribution is 9.10. The Balaban J connectivity index is 1.92. The fourth-order valence-corrected chi connectivity index (χ4v) is 5.85. The first-order chi connectivity index (χ1) is 14.2. The van der Waals surface area contributed by atoms with Crippen molar-refractivity contribution in [2.75, 3.05) is 26.7 Å². The summed E-state index contributed by atoms with van der Waals surface area (Å²) in [7, 11) is -1.75. The van der Waals surface area contributed by atoms with E-state index in [-0.39, 0.29) is 30.1 Å². The molecule has 1 heterocycles. The maximum atomic E-state index is 13.3. The van der Waals surface area contributed by atoms with Gasteiger partial charge in [-0.05, 0) is 37.7 Å². The Kier molecular flexibility index (Phi) is 7.57. The van der Waals surface area contributed by atoms with Crippen molar-refractivity contribution in [1.29, 1.82) is 0 Å². The molecule has 3 atom stereocenters. The second-order valence-corrected chi connectivity index (χ2v) is 10.8. The van der Waals surface area contributed by atoms with Crippen LogP contribution in [0.5, 0.6) is 5.75 Å². The first-order valence-electron chi connectivity index (χ1n) is 10.0. The predicted molar refractivity (Wildman–Crippen MR) is 121 cm³/mol. The lowest BCUT2D eigenvalue weighted by atomic mass is 10.0. The minimum absolute atomic E-state index is 0.0703. The molecule has 2 aromatic carbocycles. The summed E-state index contributed by atoms with van der Waals surface area (Å²) in [5, 5.41) is 9.68. The van der Waals surface area contributed by atoms with E-state index >= 15 is 0 Å². The number of benzene rings is 2. The van der Waals surface area contributed by atoms with Crippen molar-refractivity contribution < 1.29 is 18.3 Å². The number of hydrogen-bond acceptors (Lipinski definition) is 5. The van der Waals surface area contributed by atoms with E-state index in [0.717, 1.165) is 11.0 Å². The molecule has 1 aliphatic rings. The Morgan fingerprint density at radius 2 is 1.97 bits per heavy atom. The second kappa shape index (κ2) is 9.78. The van der Waals surface area contributed by atoms with Crippen molar-refractivity contribution >= 4 is 26.0 Å². The lowest BCUT2D eigenvalue weighted by Crippen LogP contribution is -2.49. The van der Waals surface area contributed by atoms with Gasteiger partial charge in [0.15, 0.2) is 0 Å². The molecule has 0 aliphatic carbocycles. The van der Waals surface area contributed by atoms with Gasteiger partial charge < -0.3 is 9.84 Å². The molecule has 1 aliphatic heterocycles. The molecule has 1 N–H and O–H groups in total. The number of sulfonamides is 1. The van der Waals surface area contributed by atoms with Crippen LogP contribution in [0.4, 0.5) is 0 Å². The Bertz CT molecular complexity index is 955. The standard InChI is InChI=1S/C22H29BrN2O4S/c1-16-12-25(17(2)15-26)30(27,28)22-10-9-19(23)11-20(22)29-21(16)14-24(3)13-18-7-5-4-6-8-18/h4-11,16-17,21,26H,12-15H2,1-3H3/t16-,17+,21-/m0/s1. The predicted octanol–water partition coefficient (Wildman–Crippen LogP) is 3.35. The van der Waals surface area contributed by atoms with Gasteiger partial charge in [-0.15, -0.1) is 0 Å². The van der Waals surface area contributed by atoms with Gasteiger partial charge in [-0.2, -0.15) is 4.31 Å². The van der Waals surface area contributed by atoms with Gasteiger partial charge in [0, 0.05) is 36.1 Å². The number of fused-ring (bicyclic) bond motifs is 1. The molecule has 0 unspecified atom stereocenters. The summed E-state index contributed by atoms with van der Waals surface area (Å²) in [5.41, 5.74) is 1.21. The summed E-state index contributed by atoms with van der Waals surface area (Å²) < 4.78 is 35.1. The van der Waals surface area contributed by atoms with Gasteiger partial charge in [0.2, 0.25) is 10.0 Å². The van der Waals surface area contributed by atoms with E-state index in [2.05, 4.69) is 33.0 Å². The smallest absolute Gasteiger partial charge is 0.247 e. The summed E-state index contributed by atoms with van der Waals surface area (Å²) in [4.78, 5) is 2.32. The van der Waals surface area contributed by atoms with Crippen LogP contribution < -0.4 is 4.74 Å². The molecule has 2 aromatic rings. The topological polar surface area (TPSA) is 70.1 Å². The number of aliphatic hydroxyl groups is 1. The van der Waals surface area contributed by atoms with E-state index in [1.807, 2.05) is 32.2 Å². The molecule has 0 saturated heterocycles. The second-order valence-electron chi connectivity index (χ2n) is 8.01. The summed E-state index contributed by atoms with van der Waals surface area (Å²) >= 11 is 3.42. The Labute approximate surface area is 187 Å². The van der Waals surface area contributed by atoms with Crippen LogP contribution in [0, 0.1) is 5.92 Å². The van der Waals surface area contributed by atoms with Crippen LogP contribution in [0.3, 0.4) is 0 Å². The molecule has 0 bridgehead atoms. The number of halogens is 1. The van der Waals surface area contributed by atoms with E-state index in [1.165, 1.54) is 9.87 Å². The number of likely N-dealkylation sites (N-methyl/N-ethyl adjacent to an activating group) is 1. The molecule has 164 valence electrons. The van der Waals surface area contributed by atoms with Gasteiger partial charge in [-0.3, -0.25) is 4.90 Å². The first kappa shape index (κ1) is 23.2. The van der Waals surface area contributed by atoms with E-state index < -0.39 is 16.1 Å². The Hall–Kier alpha value is -1.45. The maximum Gasteiger partial charge on any atom is 0.247 e. The highest BCUT2D eigenvalue weighted by Crippen LogP contribution is 2.35. The maximum absolute atomic E-state index is 13.3. The summed E-state index contributed by atoms with van der Waals surface area (Å²) in [6.45, 7) is 5.18. The van der Waals surface area contributed by atoms with Crippen molar-refractivity contribution in [3.05, 3.63) is 58.6 Å².